The van der Waals surface area contributed by atoms with E-state index in [0.717, 1.165) is 16.6 Å². The Hall–Kier alpha value is -2.61. The van der Waals surface area contributed by atoms with Crippen molar-refractivity contribution in [1.82, 2.24) is 0 Å². The lowest BCUT2D eigenvalue weighted by Gasteiger charge is -2.28. The van der Waals surface area contributed by atoms with Crippen molar-refractivity contribution in [2.75, 3.05) is 23.0 Å². The third-order valence-electron chi connectivity index (χ3n) is 3.52. The van der Waals surface area contributed by atoms with Gasteiger partial charge in [-0.2, -0.15) is 0 Å². The molecule has 0 aliphatic rings. The highest BCUT2D eigenvalue weighted by Gasteiger charge is 2.29. The third-order valence-corrected chi connectivity index (χ3v) is 4.76. The molecule has 0 aliphatic carbocycles. The number of carbonyl (C=O) groups is 1. The number of sulfonamides is 1. The molecule has 0 bridgehead atoms. The van der Waals surface area contributed by atoms with Crippen molar-refractivity contribution < 1.29 is 22.3 Å². The van der Waals surface area contributed by atoms with Gasteiger partial charge in [0.15, 0.2) is 0 Å². The average Bonchev–Trinajstić information content (AvgIpc) is 2.54. The number of anilines is 2. The largest absolute Gasteiger partial charge is 0.495 e. The highest BCUT2D eigenvalue weighted by molar-refractivity contribution is 7.92. The topological polar surface area (TPSA) is 75.7 Å². The van der Waals surface area contributed by atoms with Crippen LogP contribution in [0.15, 0.2) is 48.5 Å². The van der Waals surface area contributed by atoms with Crippen LogP contribution in [0, 0.1) is 5.82 Å². The van der Waals surface area contributed by atoms with Crippen LogP contribution in [0.1, 0.15) is 6.92 Å². The normalized spacial score (nSPS) is 12.3. The predicted molar refractivity (Wildman–Crippen MR) is 94.8 cm³/mol. The second kappa shape index (κ2) is 7.52. The lowest BCUT2D eigenvalue weighted by molar-refractivity contribution is -0.116. The monoisotopic (exact) mass is 366 g/mol. The lowest BCUT2D eigenvalue weighted by Crippen LogP contribution is -2.45. The van der Waals surface area contributed by atoms with Crippen LogP contribution in [0.3, 0.4) is 0 Å². The van der Waals surface area contributed by atoms with Gasteiger partial charge in [-0.15, -0.1) is 0 Å². The first-order chi connectivity index (χ1) is 11.7. The number of ether oxygens (including phenoxy) is 1. The Balaban J connectivity index is 2.33. The summed E-state index contributed by atoms with van der Waals surface area (Å²) in [4.78, 5) is 12.6. The van der Waals surface area contributed by atoms with Gasteiger partial charge in [-0.05, 0) is 37.3 Å². The Morgan fingerprint density at radius 3 is 2.48 bits per heavy atom. The number of nitrogens with one attached hydrogen (secondary N) is 1. The zero-order chi connectivity index (χ0) is 18.6. The number of hydrogen-bond donors (Lipinski definition) is 1. The average molecular weight is 366 g/mol. The molecule has 1 atom stereocenters. The smallest absolute Gasteiger partial charge is 0.248 e. The fourth-order valence-electron chi connectivity index (χ4n) is 2.41. The van der Waals surface area contributed by atoms with E-state index in [0.29, 0.717) is 11.4 Å². The van der Waals surface area contributed by atoms with Crippen LogP contribution in [-0.4, -0.2) is 33.7 Å². The summed E-state index contributed by atoms with van der Waals surface area (Å²) in [6.07, 6.45) is 0.963. The zero-order valence-electron chi connectivity index (χ0n) is 14.1. The van der Waals surface area contributed by atoms with E-state index in [1.54, 1.807) is 24.3 Å². The summed E-state index contributed by atoms with van der Waals surface area (Å²) in [5.74, 6) is -0.720. The van der Waals surface area contributed by atoms with E-state index >= 15 is 0 Å². The van der Waals surface area contributed by atoms with Crippen molar-refractivity contribution >= 4 is 27.3 Å². The van der Waals surface area contributed by atoms with Gasteiger partial charge in [0, 0.05) is 0 Å². The molecule has 0 unspecified atom stereocenters. The van der Waals surface area contributed by atoms with Gasteiger partial charge in [0.05, 0.1) is 24.7 Å². The van der Waals surface area contributed by atoms with E-state index in [1.807, 2.05) is 0 Å². The Bertz CT molecular complexity index is 870. The van der Waals surface area contributed by atoms with Gasteiger partial charge in [0.2, 0.25) is 15.9 Å². The van der Waals surface area contributed by atoms with Gasteiger partial charge < -0.3 is 10.1 Å². The molecule has 0 saturated heterocycles. The van der Waals surface area contributed by atoms with Crippen LogP contribution >= 0.6 is 0 Å². The maximum atomic E-state index is 13.5. The Morgan fingerprint density at radius 2 is 1.88 bits per heavy atom. The van der Waals surface area contributed by atoms with E-state index in [9.17, 15) is 17.6 Å². The molecule has 0 heterocycles. The van der Waals surface area contributed by atoms with Gasteiger partial charge in [-0.1, -0.05) is 18.2 Å². The molecule has 25 heavy (non-hydrogen) atoms. The number of carbonyl (C=O) groups excluding carboxylic acids is 1. The van der Waals surface area contributed by atoms with Crippen LogP contribution in [0.5, 0.6) is 5.75 Å². The van der Waals surface area contributed by atoms with E-state index < -0.39 is 27.8 Å². The van der Waals surface area contributed by atoms with Gasteiger partial charge in [-0.25, -0.2) is 12.8 Å². The zero-order valence-corrected chi connectivity index (χ0v) is 14.9. The first-order valence-electron chi connectivity index (χ1n) is 7.43. The Morgan fingerprint density at radius 1 is 1.20 bits per heavy atom. The third kappa shape index (κ3) is 4.48. The first-order valence-corrected chi connectivity index (χ1v) is 9.27. The number of nitrogens with zero attached hydrogens (tertiary/aromatic N) is 1. The summed E-state index contributed by atoms with van der Waals surface area (Å²) >= 11 is 0. The number of hydrogen-bond acceptors (Lipinski definition) is 4. The highest BCUT2D eigenvalue weighted by Crippen LogP contribution is 2.25. The molecule has 0 fully saturated rings. The minimum absolute atomic E-state index is 0.0742. The van der Waals surface area contributed by atoms with E-state index in [-0.39, 0.29) is 5.69 Å². The van der Waals surface area contributed by atoms with E-state index in [4.69, 9.17) is 4.74 Å². The van der Waals surface area contributed by atoms with Crippen molar-refractivity contribution in [2.45, 2.75) is 13.0 Å². The van der Waals surface area contributed by atoms with Crippen molar-refractivity contribution in [2.24, 2.45) is 0 Å². The quantitative estimate of drug-likeness (QED) is 0.853. The lowest BCUT2D eigenvalue weighted by atomic mass is 10.2. The SMILES string of the molecule is COc1ccccc1NC(=O)[C@H](C)N(c1cccc(F)c1)S(C)(=O)=O. The van der Waals surface area contributed by atoms with Crippen molar-refractivity contribution in [3.05, 3.63) is 54.3 Å². The Kier molecular flexibility index (Phi) is 5.63. The number of methoxy groups -OCH3 is 1. The second-order valence-electron chi connectivity index (χ2n) is 5.40. The molecular formula is C17H19FN2O4S. The van der Waals surface area contributed by atoms with Crippen molar-refractivity contribution in [3.8, 4) is 5.75 Å². The summed E-state index contributed by atoms with van der Waals surface area (Å²) in [5, 5.41) is 2.63. The molecule has 0 saturated carbocycles. The summed E-state index contributed by atoms with van der Waals surface area (Å²) in [6, 6.07) is 10.7. The molecule has 134 valence electrons. The molecule has 8 heteroatoms. The fourth-order valence-corrected chi connectivity index (χ4v) is 3.57. The van der Waals surface area contributed by atoms with E-state index in [2.05, 4.69) is 5.32 Å². The minimum atomic E-state index is -3.81. The summed E-state index contributed by atoms with van der Waals surface area (Å²) in [7, 11) is -2.35. The van der Waals surface area contributed by atoms with Crippen LogP contribution in [0.4, 0.5) is 15.8 Å². The number of para-hydroxylation sites is 2. The number of rotatable bonds is 6. The summed E-state index contributed by atoms with van der Waals surface area (Å²) in [5.41, 5.74) is 0.486. The predicted octanol–water partition coefficient (Wildman–Crippen LogP) is 2.63. The number of benzene rings is 2. The molecule has 2 aromatic carbocycles. The summed E-state index contributed by atoms with van der Waals surface area (Å²) < 4.78 is 43.8. The maximum Gasteiger partial charge on any atom is 0.248 e. The number of amides is 1. The van der Waals surface area contributed by atoms with E-state index in [1.165, 1.54) is 32.2 Å². The highest BCUT2D eigenvalue weighted by atomic mass is 32.2. The molecular weight excluding hydrogens is 347 g/mol. The van der Waals surface area contributed by atoms with Crippen LogP contribution in [0.25, 0.3) is 0 Å². The molecule has 2 aromatic rings. The van der Waals surface area contributed by atoms with Gasteiger partial charge in [-0.3, -0.25) is 9.10 Å². The van der Waals surface area contributed by atoms with Crippen LogP contribution in [-0.2, 0) is 14.8 Å². The second-order valence-corrected chi connectivity index (χ2v) is 7.26. The molecule has 6 nitrogen and oxygen atoms in total. The molecule has 1 amide bonds. The van der Waals surface area contributed by atoms with Crippen LogP contribution < -0.4 is 14.4 Å². The Labute approximate surface area is 146 Å². The molecule has 0 spiro atoms. The standard InChI is InChI=1S/C17H19FN2O4S/c1-12(17(21)19-15-9-4-5-10-16(15)24-2)20(25(3,22)23)14-8-6-7-13(18)11-14/h4-12H,1-3H3,(H,19,21)/t12-/m0/s1. The molecule has 0 radical (unpaired) electrons. The fraction of sp³-hybridized carbons (Fsp3) is 0.235. The van der Waals surface area contributed by atoms with Gasteiger partial charge in [0.1, 0.15) is 17.6 Å². The van der Waals surface area contributed by atoms with Crippen LogP contribution in [0.2, 0.25) is 0 Å². The molecule has 1 N–H and O–H groups in total. The number of halogens is 1. The van der Waals surface area contributed by atoms with Gasteiger partial charge >= 0.3 is 0 Å². The first kappa shape index (κ1) is 18.7. The van der Waals surface area contributed by atoms with Crippen molar-refractivity contribution in [3.63, 3.8) is 0 Å². The van der Waals surface area contributed by atoms with Crippen molar-refractivity contribution in [1.29, 1.82) is 0 Å². The molecule has 0 aromatic heterocycles. The minimum Gasteiger partial charge on any atom is -0.495 e. The maximum absolute atomic E-state index is 13.5. The molecule has 2 rings (SSSR count). The van der Waals surface area contributed by atoms with Gasteiger partial charge in [0.25, 0.3) is 0 Å². The summed E-state index contributed by atoms with van der Waals surface area (Å²) in [6.45, 7) is 1.43. The molecule has 0 aliphatic heterocycles.